The maximum Gasteiger partial charge on any atom is 0.257 e. The molecule has 0 aliphatic heterocycles. The summed E-state index contributed by atoms with van der Waals surface area (Å²) in [5, 5.41) is 6.96. The number of carbonyl (C=O) groups is 1. The van der Waals surface area contributed by atoms with Crippen LogP contribution in [0.3, 0.4) is 0 Å². The third kappa shape index (κ3) is 3.21. The van der Waals surface area contributed by atoms with Crippen LogP contribution >= 0.6 is 12.4 Å². The zero-order valence-electron chi connectivity index (χ0n) is 11.2. The van der Waals surface area contributed by atoms with Crippen LogP contribution in [0, 0.1) is 6.92 Å². The Bertz CT molecular complexity index is 593. The summed E-state index contributed by atoms with van der Waals surface area (Å²) < 4.78 is 1.58. The van der Waals surface area contributed by atoms with Crippen LogP contribution in [-0.2, 0) is 0 Å². The Morgan fingerprint density at radius 3 is 2.84 bits per heavy atom. The van der Waals surface area contributed by atoms with Crippen LogP contribution in [0.1, 0.15) is 29.9 Å². The van der Waals surface area contributed by atoms with E-state index in [0.29, 0.717) is 17.8 Å². The molecule has 0 unspecified atom stereocenters. The summed E-state index contributed by atoms with van der Waals surface area (Å²) in [6.45, 7) is 5.98. The summed E-state index contributed by atoms with van der Waals surface area (Å²) in [5.74, 6) is -0.210. The fraction of sp³-hybridized carbons (Fsp3) is 0.417. The van der Waals surface area contributed by atoms with Crippen molar-refractivity contribution >= 4 is 24.0 Å². The van der Waals surface area contributed by atoms with E-state index in [1.165, 1.54) is 6.20 Å². The zero-order chi connectivity index (χ0) is 13.3. The molecule has 0 aliphatic rings. The molecule has 0 spiro atoms. The first-order valence-electron chi connectivity index (χ1n) is 5.76. The monoisotopic (exact) mass is 283 g/mol. The van der Waals surface area contributed by atoms with E-state index in [2.05, 4.69) is 15.4 Å². The van der Waals surface area contributed by atoms with Crippen LogP contribution < -0.4 is 11.1 Å². The van der Waals surface area contributed by atoms with Gasteiger partial charge >= 0.3 is 0 Å². The van der Waals surface area contributed by atoms with Gasteiger partial charge in [-0.05, 0) is 26.8 Å². The Balaban J connectivity index is 0.00000180. The summed E-state index contributed by atoms with van der Waals surface area (Å²) >= 11 is 0. The predicted octanol–water partition coefficient (Wildman–Crippen LogP) is 0.927. The maximum absolute atomic E-state index is 12.1. The molecule has 0 saturated carbocycles. The lowest BCUT2D eigenvalue weighted by molar-refractivity contribution is 0.0917. The van der Waals surface area contributed by atoms with Crippen LogP contribution in [0.25, 0.3) is 5.65 Å². The number of nitrogens with two attached hydrogens (primary N) is 1. The van der Waals surface area contributed by atoms with Crippen LogP contribution in [0.15, 0.2) is 18.5 Å². The van der Waals surface area contributed by atoms with Crippen molar-refractivity contribution in [2.75, 3.05) is 6.54 Å². The lowest BCUT2D eigenvalue weighted by atomic mass is 10.1. The maximum atomic E-state index is 12.1. The second kappa shape index (κ2) is 5.54. The molecule has 1 amide bonds. The second-order valence-electron chi connectivity index (χ2n) is 4.94. The number of hydrogen-bond acceptors (Lipinski definition) is 4. The Hall–Kier alpha value is -1.66. The van der Waals surface area contributed by atoms with Crippen molar-refractivity contribution in [2.24, 2.45) is 5.73 Å². The average molecular weight is 284 g/mol. The fourth-order valence-corrected chi connectivity index (χ4v) is 1.54. The molecule has 2 aromatic heterocycles. The molecule has 7 heteroatoms. The normalized spacial score (nSPS) is 11.2. The van der Waals surface area contributed by atoms with Crippen molar-refractivity contribution in [1.82, 2.24) is 19.9 Å². The van der Waals surface area contributed by atoms with Crippen LogP contribution in [-0.4, -0.2) is 32.6 Å². The molecule has 0 aliphatic carbocycles. The van der Waals surface area contributed by atoms with Gasteiger partial charge in [0.1, 0.15) is 5.56 Å². The first-order valence-corrected chi connectivity index (χ1v) is 5.76. The summed E-state index contributed by atoms with van der Waals surface area (Å²) in [7, 11) is 0. The smallest absolute Gasteiger partial charge is 0.257 e. The largest absolute Gasteiger partial charge is 0.346 e. The van der Waals surface area contributed by atoms with E-state index in [9.17, 15) is 4.79 Å². The van der Waals surface area contributed by atoms with Crippen LogP contribution in [0.5, 0.6) is 0 Å². The highest BCUT2D eigenvalue weighted by Crippen LogP contribution is 2.10. The lowest BCUT2D eigenvalue weighted by Gasteiger charge is -2.23. The van der Waals surface area contributed by atoms with Gasteiger partial charge in [-0.1, -0.05) is 0 Å². The highest BCUT2D eigenvalue weighted by atomic mass is 35.5. The van der Waals surface area contributed by atoms with Crippen molar-refractivity contribution in [3.05, 3.63) is 29.7 Å². The molecule has 0 fully saturated rings. The minimum atomic E-state index is -0.449. The number of nitrogens with zero attached hydrogens (tertiary/aromatic N) is 3. The van der Waals surface area contributed by atoms with Gasteiger partial charge in [-0.25, -0.2) is 9.50 Å². The highest BCUT2D eigenvalue weighted by Gasteiger charge is 2.22. The number of carbonyl (C=O) groups excluding carboxylic acids is 1. The van der Waals surface area contributed by atoms with Crippen LogP contribution in [0.4, 0.5) is 0 Å². The van der Waals surface area contributed by atoms with Gasteiger partial charge in [0.05, 0.1) is 6.20 Å². The second-order valence-corrected chi connectivity index (χ2v) is 4.94. The molecule has 0 atom stereocenters. The topological polar surface area (TPSA) is 85.3 Å². The van der Waals surface area contributed by atoms with Gasteiger partial charge in [0.25, 0.3) is 5.91 Å². The molecule has 104 valence electrons. The number of aryl methyl sites for hydroxylation is 1. The Morgan fingerprint density at radius 1 is 1.53 bits per heavy atom. The van der Waals surface area contributed by atoms with E-state index < -0.39 is 5.54 Å². The van der Waals surface area contributed by atoms with Gasteiger partial charge in [-0.2, -0.15) is 5.10 Å². The molecule has 0 bridgehead atoms. The van der Waals surface area contributed by atoms with E-state index in [4.69, 9.17) is 5.73 Å². The highest BCUT2D eigenvalue weighted by molar-refractivity contribution is 6.00. The molecule has 2 rings (SSSR count). The number of fused-ring (bicyclic) bond motifs is 1. The quantitative estimate of drug-likeness (QED) is 0.877. The van der Waals surface area contributed by atoms with Crippen LogP contribution in [0.2, 0.25) is 0 Å². The standard InChI is InChI=1S/C12H17N5O.ClH/c1-8-4-5-17-10(15-8)9(6-14-17)11(18)16-12(2,3)7-13;/h4-6H,7,13H2,1-3H3,(H,16,18);1H. The molecular formula is C12H18ClN5O. The molecule has 0 saturated heterocycles. The van der Waals surface area contributed by atoms with Crippen molar-refractivity contribution in [2.45, 2.75) is 26.3 Å². The zero-order valence-corrected chi connectivity index (χ0v) is 12.0. The predicted molar refractivity (Wildman–Crippen MR) is 75.6 cm³/mol. The Morgan fingerprint density at radius 2 is 2.21 bits per heavy atom. The van der Waals surface area contributed by atoms with E-state index in [-0.39, 0.29) is 18.3 Å². The third-order valence-corrected chi connectivity index (χ3v) is 2.72. The van der Waals surface area contributed by atoms with Gasteiger partial charge in [-0.3, -0.25) is 4.79 Å². The SMILES string of the molecule is Cc1ccn2ncc(C(=O)NC(C)(C)CN)c2n1.Cl. The molecule has 0 radical (unpaired) electrons. The van der Waals surface area contributed by atoms with E-state index >= 15 is 0 Å². The number of aromatic nitrogens is 3. The van der Waals surface area contributed by atoms with Crippen molar-refractivity contribution in [1.29, 1.82) is 0 Å². The number of amides is 1. The molecule has 2 heterocycles. The van der Waals surface area contributed by atoms with Crippen molar-refractivity contribution in [3.8, 4) is 0 Å². The first kappa shape index (κ1) is 15.4. The molecule has 3 N–H and O–H groups in total. The minimum Gasteiger partial charge on any atom is -0.346 e. The summed E-state index contributed by atoms with van der Waals surface area (Å²) in [4.78, 5) is 16.5. The Kier molecular flexibility index (Phi) is 4.49. The average Bonchev–Trinajstić information content (AvgIpc) is 2.71. The molecule has 19 heavy (non-hydrogen) atoms. The van der Waals surface area contributed by atoms with E-state index in [1.54, 1.807) is 10.7 Å². The fourth-order valence-electron chi connectivity index (χ4n) is 1.54. The number of rotatable bonds is 3. The van der Waals surface area contributed by atoms with E-state index in [0.717, 1.165) is 5.69 Å². The Labute approximate surface area is 117 Å². The van der Waals surface area contributed by atoms with Crippen molar-refractivity contribution in [3.63, 3.8) is 0 Å². The first-order chi connectivity index (χ1) is 8.43. The molecule has 0 aromatic carbocycles. The van der Waals surface area contributed by atoms with Gasteiger partial charge in [0.15, 0.2) is 5.65 Å². The summed E-state index contributed by atoms with van der Waals surface area (Å²) in [6.07, 6.45) is 3.30. The van der Waals surface area contributed by atoms with E-state index in [1.807, 2.05) is 26.8 Å². The molecular weight excluding hydrogens is 266 g/mol. The van der Waals surface area contributed by atoms with Crippen molar-refractivity contribution < 1.29 is 4.79 Å². The summed E-state index contributed by atoms with van der Waals surface area (Å²) in [5.41, 5.74) is 7.00. The van der Waals surface area contributed by atoms with Gasteiger partial charge in [-0.15, -0.1) is 12.4 Å². The van der Waals surface area contributed by atoms with Gasteiger partial charge in [0.2, 0.25) is 0 Å². The summed E-state index contributed by atoms with van der Waals surface area (Å²) in [6, 6.07) is 1.84. The number of nitrogens with one attached hydrogen (secondary N) is 1. The third-order valence-electron chi connectivity index (χ3n) is 2.72. The van der Waals surface area contributed by atoms with Gasteiger partial charge < -0.3 is 11.1 Å². The minimum absolute atomic E-state index is 0. The molecule has 2 aromatic rings. The van der Waals surface area contributed by atoms with Gasteiger partial charge in [0, 0.05) is 24.0 Å². The number of hydrogen-bond donors (Lipinski definition) is 2. The number of halogens is 1. The lowest BCUT2D eigenvalue weighted by Crippen LogP contribution is -2.48. The molecule has 6 nitrogen and oxygen atoms in total.